The first-order valence-corrected chi connectivity index (χ1v) is 16.6. The predicted octanol–water partition coefficient (Wildman–Crippen LogP) is 5.31. The maximum absolute atomic E-state index is 15.1. The number of carbonyl (C=O) groups is 3. The fourth-order valence-corrected chi connectivity index (χ4v) is 6.47. The van der Waals surface area contributed by atoms with E-state index in [4.69, 9.17) is 5.73 Å². The molecule has 4 aromatic rings. The third-order valence-electron chi connectivity index (χ3n) is 8.94. The number of rotatable bonds is 13. The molecule has 1 aliphatic heterocycles. The van der Waals surface area contributed by atoms with Crippen LogP contribution in [0.5, 0.6) is 0 Å². The quantitative estimate of drug-likeness (QED) is 0.134. The van der Waals surface area contributed by atoms with Gasteiger partial charge in [-0.3, -0.25) is 14.3 Å². The van der Waals surface area contributed by atoms with Crippen LogP contribution in [-0.2, 0) is 29.6 Å². The lowest BCUT2D eigenvalue weighted by Crippen LogP contribution is -2.37. The second kappa shape index (κ2) is 15.1. The fourth-order valence-electron chi connectivity index (χ4n) is 6.47. The van der Waals surface area contributed by atoms with Crippen molar-refractivity contribution in [3.63, 3.8) is 0 Å². The fraction of sp³-hybridized carbons (Fsp3) is 0.353. The molecule has 1 aliphatic carbocycles. The highest BCUT2D eigenvalue weighted by Crippen LogP contribution is 2.52. The minimum atomic E-state index is -4.11. The van der Waals surface area contributed by atoms with Crippen LogP contribution in [0.1, 0.15) is 63.9 Å². The van der Waals surface area contributed by atoms with E-state index in [0.717, 1.165) is 24.3 Å². The SMILES string of the molecule is NC(=O)c1cc(-c2cnc(NCCN3CCNC3=O)nc2C(Cc2cc(F)cc(F)c2)NC(=O)Cn2nc(C(F)F)c3c2C(F)(F)CCC3(F)F)ccc1F. The van der Waals surface area contributed by atoms with Crippen molar-refractivity contribution in [1.29, 1.82) is 0 Å². The van der Waals surface area contributed by atoms with Crippen LogP contribution in [0.15, 0.2) is 42.6 Å². The summed E-state index contributed by atoms with van der Waals surface area (Å²) in [6.45, 7) is -0.172. The van der Waals surface area contributed by atoms with E-state index < -0.39 is 102 Å². The van der Waals surface area contributed by atoms with Gasteiger partial charge in [0.2, 0.25) is 11.9 Å². The third kappa shape index (κ3) is 8.29. The number of hydrogen-bond donors (Lipinski definition) is 4. The third-order valence-corrected chi connectivity index (χ3v) is 8.94. The number of alkyl halides is 6. The number of benzene rings is 2. The molecular weight excluding hydrogens is 753 g/mol. The molecule has 1 fully saturated rings. The van der Waals surface area contributed by atoms with Crippen LogP contribution in [0, 0.1) is 17.5 Å². The second-order valence-electron chi connectivity index (χ2n) is 12.8. The van der Waals surface area contributed by atoms with Crippen molar-refractivity contribution in [3.05, 3.63) is 93.8 Å². The Balaban J connectivity index is 1.42. The van der Waals surface area contributed by atoms with Gasteiger partial charge >= 0.3 is 6.03 Å². The number of fused-ring (bicyclic) bond motifs is 1. The summed E-state index contributed by atoms with van der Waals surface area (Å²) < 4.78 is 131. The molecule has 2 aliphatic rings. The number of nitrogens with two attached hydrogens (primary N) is 1. The van der Waals surface area contributed by atoms with E-state index in [0.29, 0.717) is 19.2 Å². The van der Waals surface area contributed by atoms with E-state index >= 15 is 8.78 Å². The summed E-state index contributed by atoms with van der Waals surface area (Å²) in [4.78, 5) is 47.9. The molecule has 0 radical (unpaired) electrons. The summed E-state index contributed by atoms with van der Waals surface area (Å²) in [7, 11) is 0. The number of carbonyl (C=O) groups excluding carboxylic acids is 3. The molecule has 2 aromatic carbocycles. The number of nitrogens with one attached hydrogen (secondary N) is 3. The van der Waals surface area contributed by atoms with Gasteiger partial charge in [-0.2, -0.15) is 13.9 Å². The van der Waals surface area contributed by atoms with Gasteiger partial charge in [0, 0.05) is 56.8 Å². The van der Waals surface area contributed by atoms with E-state index in [2.05, 4.69) is 31.0 Å². The smallest absolute Gasteiger partial charge is 0.317 e. The topological polar surface area (TPSA) is 160 Å². The first kappa shape index (κ1) is 38.8. The molecule has 1 saturated heterocycles. The van der Waals surface area contributed by atoms with Crippen molar-refractivity contribution in [2.45, 2.75) is 50.1 Å². The molecule has 1 unspecified atom stereocenters. The average molecular weight is 784 g/mol. The van der Waals surface area contributed by atoms with Crippen LogP contribution in [0.4, 0.5) is 50.3 Å². The molecule has 5 N–H and O–H groups in total. The zero-order valence-electron chi connectivity index (χ0n) is 28.3. The minimum Gasteiger partial charge on any atom is -0.366 e. The molecule has 2 aromatic heterocycles. The first-order chi connectivity index (χ1) is 25.9. The lowest BCUT2D eigenvalue weighted by atomic mass is 9.89. The number of aromatic nitrogens is 4. The lowest BCUT2D eigenvalue weighted by Gasteiger charge is -2.29. The molecular formula is C34H30F9N9O3. The Morgan fingerprint density at radius 3 is 2.35 bits per heavy atom. The Bertz CT molecular complexity index is 2130. The predicted molar refractivity (Wildman–Crippen MR) is 175 cm³/mol. The zero-order chi connectivity index (χ0) is 39.8. The van der Waals surface area contributed by atoms with Gasteiger partial charge in [0.15, 0.2) is 0 Å². The van der Waals surface area contributed by atoms with Gasteiger partial charge in [0.05, 0.1) is 22.9 Å². The van der Waals surface area contributed by atoms with Crippen LogP contribution in [-0.4, -0.2) is 68.7 Å². The van der Waals surface area contributed by atoms with Gasteiger partial charge in [-0.25, -0.2) is 45.5 Å². The molecule has 55 heavy (non-hydrogen) atoms. The number of nitrogens with zero attached hydrogens (tertiary/aromatic N) is 5. The standard InChI is InChI=1S/C34H30F9N9O3/c35-18-9-16(10-19(36)13-18)11-23(48-24(53)15-52-28-25(27(50-52)29(38)39)33(40,41)3-4-34(28,42)43)26-21(17-1-2-22(37)20(12-17)30(44)54)14-47-31(49-26)45-5-7-51-8-6-46-32(51)55/h1-2,9-10,12-14,23,29H,3-8,11,15H2,(H2,44,54)(H,46,55)(H,48,53)(H,45,47,49). The summed E-state index contributed by atoms with van der Waals surface area (Å²) in [5.74, 6) is -13.8. The summed E-state index contributed by atoms with van der Waals surface area (Å²) >= 11 is 0. The van der Waals surface area contributed by atoms with Crippen molar-refractivity contribution < 1.29 is 53.9 Å². The molecule has 12 nitrogen and oxygen atoms in total. The van der Waals surface area contributed by atoms with Crippen molar-refractivity contribution >= 4 is 23.8 Å². The largest absolute Gasteiger partial charge is 0.366 e. The molecule has 1 atom stereocenters. The minimum absolute atomic E-state index is 0.00298. The molecule has 6 rings (SSSR count). The Morgan fingerprint density at radius 2 is 1.69 bits per heavy atom. The molecule has 21 heteroatoms. The number of urea groups is 1. The number of amides is 4. The van der Waals surface area contributed by atoms with Gasteiger partial charge in [-0.15, -0.1) is 0 Å². The first-order valence-electron chi connectivity index (χ1n) is 16.6. The Morgan fingerprint density at radius 1 is 0.982 bits per heavy atom. The Hall–Kier alpha value is -5.89. The van der Waals surface area contributed by atoms with Crippen LogP contribution in [0.3, 0.4) is 0 Å². The van der Waals surface area contributed by atoms with E-state index in [1.54, 1.807) is 0 Å². The highest BCUT2D eigenvalue weighted by molar-refractivity contribution is 5.94. The summed E-state index contributed by atoms with van der Waals surface area (Å²) in [6.07, 6.45) is -5.88. The molecule has 292 valence electrons. The Kier molecular flexibility index (Phi) is 10.7. The monoisotopic (exact) mass is 783 g/mol. The molecule has 0 bridgehead atoms. The van der Waals surface area contributed by atoms with Crippen molar-refractivity contribution in [1.82, 2.24) is 35.3 Å². The maximum Gasteiger partial charge on any atom is 0.317 e. The highest BCUT2D eigenvalue weighted by atomic mass is 19.3. The number of hydrogen-bond acceptors (Lipinski definition) is 7. The van der Waals surface area contributed by atoms with Gasteiger partial charge in [0.1, 0.15) is 35.4 Å². The van der Waals surface area contributed by atoms with E-state index in [9.17, 15) is 45.1 Å². The summed E-state index contributed by atoms with van der Waals surface area (Å²) in [6, 6.07) is 3.73. The highest BCUT2D eigenvalue weighted by Gasteiger charge is 2.55. The summed E-state index contributed by atoms with van der Waals surface area (Å²) in [5.41, 5.74) is -0.282. The van der Waals surface area contributed by atoms with E-state index in [1.165, 1.54) is 17.2 Å². The maximum atomic E-state index is 15.1. The molecule has 0 saturated carbocycles. The Labute approximate surface area is 305 Å². The van der Waals surface area contributed by atoms with Crippen molar-refractivity contribution in [3.8, 4) is 11.1 Å². The number of anilines is 1. The van der Waals surface area contributed by atoms with Gasteiger partial charge in [-0.05, 0) is 41.8 Å². The second-order valence-corrected chi connectivity index (χ2v) is 12.8. The lowest BCUT2D eigenvalue weighted by molar-refractivity contribution is -0.123. The normalized spacial score (nSPS) is 16.5. The van der Waals surface area contributed by atoms with Gasteiger partial charge in [-0.1, -0.05) is 6.07 Å². The van der Waals surface area contributed by atoms with Crippen molar-refractivity contribution in [2.24, 2.45) is 5.73 Å². The van der Waals surface area contributed by atoms with Crippen molar-refractivity contribution in [2.75, 3.05) is 31.5 Å². The average Bonchev–Trinajstić information content (AvgIpc) is 3.71. The van der Waals surface area contributed by atoms with Crippen LogP contribution in [0.2, 0.25) is 0 Å². The number of halogens is 9. The van der Waals surface area contributed by atoms with E-state index in [-0.39, 0.29) is 52.1 Å². The molecule has 3 heterocycles. The van der Waals surface area contributed by atoms with Crippen LogP contribution < -0.4 is 21.7 Å². The van der Waals surface area contributed by atoms with E-state index in [1.807, 2.05) is 0 Å². The molecule has 4 amide bonds. The molecule has 0 spiro atoms. The van der Waals surface area contributed by atoms with Gasteiger partial charge in [0.25, 0.3) is 24.2 Å². The number of primary amides is 1. The van der Waals surface area contributed by atoms with Crippen LogP contribution in [0.25, 0.3) is 11.1 Å². The zero-order valence-corrected chi connectivity index (χ0v) is 28.3. The summed E-state index contributed by atoms with van der Waals surface area (Å²) in [5, 5.41) is 11.3. The van der Waals surface area contributed by atoms with Gasteiger partial charge < -0.3 is 26.6 Å². The van der Waals surface area contributed by atoms with Crippen LogP contribution >= 0.6 is 0 Å².